The summed E-state index contributed by atoms with van der Waals surface area (Å²) in [6.07, 6.45) is 2.08. The molecule has 0 N–H and O–H groups in total. The van der Waals surface area contributed by atoms with Crippen molar-refractivity contribution in [3.63, 3.8) is 0 Å². The number of hydrogen-bond acceptors (Lipinski definition) is 3. The second-order valence-electron chi connectivity index (χ2n) is 11.1. The molecule has 3 nitrogen and oxygen atoms in total. The first-order valence-electron chi connectivity index (χ1n) is 12.6. The summed E-state index contributed by atoms with van der Waals surface area (Å²) in [5.74, 6) is 0. The Hall–Kier alpha value is -2.11. The van der Waals surface area contributed by atoms with Crippen molar-refractivity contribution in [3.05, 3.63) is 107 Å². The van der Waals surface area contributed by atoms with Gasteiger partial charge in [-0.15, -0.1) is 0 Å². The highest BCUT2D eigenvalue weighted by molar-refractivity contribution is 6.51. The van der Waals surface area contributed by atoms with Gasteiger partial charge in [0.25, 0.3) is 0 Å². The summed E-state index contributed by atoms with van der Waals surface area (Å²) in [6.45, 7) is 10.2. The van der Waals surface area contributed by atoms with E-state index < -0.39 is 0 Å². The van der Waals surface area contributed by atoms with Gasteiger partial charge in [-0.3, -0.25) is 4.90 Å². The number of benzene rings is 3. The lowest BCUT2D eigenvalue weighted by Gasteiger charge is -2.39. The molecule has 1 saturated carbocycles. The van der Waals surface area contributed by atoms with Gasteiger partial charge in [0.2, 0.25) is 0 Å². The van der Waals surface area contributed by atoms with Crippen molar-refractivity contribution in [3.8, 4) is 0 Å². The van der Waals surface area contributed by atoms with Crippen molar-refractivity contribution in [2.24, 2.45) is 0 Å². The van der Waals surface area contributed by atoms with E-state index in [0.29, 0.717) is 0 Å². The normalized spacial score (nSPS) is 20.7. The van der Waals surface area contributed by atoms with E-state index in [1.54, 1.807) is 0 Å². The number of hydrogen-bond donors (Lipinski definition) is 0. The van der Waals surface area contributed by atoms with Gasteiger partial charge in [0, 0.05) is 29.5 Å². The Labute approximate surface area is 215 Å². The monoisotopic (exact) mass is 487 g/mol. The van der Waals surface area contributed by atoms with Gasteiger partial charge in [-0.1, -0.05) is 90.5 Å². The first-order valence-corrected chi connectivity index (χ1v) is 13.0. The third kappa shape index (κ3) is 4.82. The molecule has 5 rings (SSSR count). The van der Waals surface area contributed by atoms with Crippen molar-refractivity contribution < 1.29 is 9.31 Å². The maximum Gasteiger partial charge on any atom is 0.466 e. The Bertz CT molecular complexity index is 1090. The topological polar surface area (TPSA) is 21.7 Å². The van der Waals surface area contributed by atoms with Crippen LogP contribution in [-0.4, -0.2) is 23.2 Å². The highest BCUT2D eigenvalue weighted by Gasteiger charge is 2.68. The number of halogens is 1. The van der Waals surface area contributed by atoms with E-state index in [4.69, 9.17) is 20.9 Å². The molecular weight excluding hydrogens is 453 g/mol. The zero-order valence-electron chi connectivity index (χ0n) is 21.2. The fourth-order valence-corrected chi connectivity index (χ4v) is 5.54. The van der Waals surface area contributed by atoms with Gasteiger partial charge in [0.15, 0.2) is 0 Å². The van der Waals surface area contributed by atoms with Crippen molar-refractivity contribution >= 4 is 18.7 Å². The predicted octanol–water partition coefficient (Wildman–Crippen LogP) is 7.71. The molecular formula is C30H35BClNO2. The molecule has 1 atom stereocenters. The standard InChI is InChI=1S/C30H35BClNO2/c1-28(2)29(3,4)35-31(34-28)30(19-20-30)27(25-17-11-12-18-26(25)32)33(21-23-13-7-5-8-14-23)22-24-15-9-6-10-16-24/h5-18,27H,19-22H2,1-4H3. The second-order valence-corrected chi connectivity index (χ2v) is 11.5. The van der Waals surface area contributed by atoms with Crippen LogP contribution in [0, 0.1) is 0 Å². The predicted molar refractivity (Wildman–Crippen MR) is 144 cm³/mol. The number of rotatable bonds is 8. The quantitative estimate of drug-likeness (QED) is 0.304. The zero-order valence-corrected chi connectivity index (χ0v) is 22.0. The Morgan fingerprint density at radius 2 is 1.20 bits per heavy atom. The van der Waals surface area contributed by atoms with Gasteiger partial charge in [-0.05, 0) is 63.3 Å². The van der Waals surface area contributed by atoms with Crippen LogP contribution in [0.2, 0.25) is 10.3 Å². The lowest BCUT2D eigenvalue weighted by Crippen LogP contribution is -2.41. The lowest BCUT2D eigenvalue weighted by molar-refractivity contribution is 0.00578. The Kier molecular flexibility index (Phi) is 6.61. The summed E-state index contributed by atoms with van der Waals surface area (Å²) in [5.41, 5.74) is 2.97. The minimum atomic E-state index is -0.373. The van der Waals surface area contributed by atoms with Gasteiger partial charge < -0.3 is 9.31 Å². The Morgan fingerprint density at radius 1 is 0.743 bits per heavy atom. The Balaban J connectivity index is 1.60. The molecule has 2 aliphatic rings. The minimum Gasteiger partial charge on any atom is -0.403 e. The average Bonchev–Trinajstić information content (AvgIpc) is 3.58. The van der Waals surface area contributed by atoms with E-state index in [-0.39, 0.29) is 29.7 Å². The highest BCUT2D eigenvalue weighted by atomic mass is 35.5. The zero-order chi connectivity index (χ0) is 24.7. The molecule has 0 amide bonds. The minimum absolute atomic E-state index is 0.0475. The molecule has 2 fully saturated rings. The smallest absolute Gasteiger partial charge is 0.403 e. The van der Waals surface area contributed by atoms with Crippen LogP contribution in [0.1, 0.15) is 63.3 Å². The van der Waals surface area contributed by atoms with Gasteiger partial charge in [-0.25, -0.2) is 0 Å². The van der Waals surface area contributed by atoms with Crippen LogP contribution in [0.25, 0.3) is 0 Å². The van der Waals surface area contributed by atoms with Crippen molar-refractivity contribution in [1.29, 1.82) is 0 Å². The van der Waals surface area contributed by atoms with Gasteiger partial charge in [0.1, 0.15) is 0 Å². The van der Waals surface area contributed by atoms with Gasteiger partial charge >= 0.3 is 7.12 Å². The maximum atomic E-state index is 6.91. The molecule has 1 aliphatic heterocycles. The van der Waals surface area contributed by atoms with E-state index in [9.17, 15) is 0 Å². The average molecular weight is 488 g/mol. The maximum absolute atomic E-state index is 6.91. The molecule has 35 heavy (non-hydrogen) atoms. The summed E-state index contributed by atoms with van der Waals surface area (Å²) in [6, 6.07) is 29.8. The lowest BCUT2D eigenvalue weighted by atomic mass is 9.61. The summed E-state index contributed by atoms with van der Waals surface area (Å²) >= 11 is 6.91. The van der Waals surface area contributed by atoms with E-state index in [0.717, 1.165) is 36.5 Å². The van der Waals surface area contributed by atoms with E-state index in [1.807, 2.05) is 12.1 Å². The van der Waals surface area contributed by atoms with E-state index in [2.05, 4.69) is 105 Å². The van der Waals surface area contributed by atoms with Crippen molar-refractivity contribution in [2.45, 2.75) is 76.2 Å². The van der Waals surface area contributed by atoms with Crippen LogP contribution in [0.15, 0.2) is 84.9 Å². The third-order valence-corrected chi connectivity index (χ3v) is 8.46. The van der Waals surface area contributed by atoms with Crippen LogP contribution < -0.4 is 0 Å². The molecule has 3 aromatic rings. The largest absolute Gasteiger partial charge is 0.466 e. The van der Waals surface area contributed by atoms with Crippen molar-refractivity contribution in [2.75, 3.05) is 0 Å². The summed E-state index contributed by atoms with van der Waals surface area (Å²) in [7, 11) is -0.289. The second kappa shape index (κ2) is 9.40. The van der Waals surface area contributed by atoms with Crippen LogP contribution in [0.3, 0.4) is 0 Å². The molecule has 0 spiro atoms. The molecule has 1 saturated heterocycles. The summed E-state index contributed by atoms with van der Waals surface area (Å²) < 4.78 is 13.4. The fourth-order valence-electron chi connectivity index (χ4n) is 5.30. The summed E-state index contributed by atoms with van der Waals surface area (Å²) in [4.78, 5) is 2.57. The van der Waals surface area contributed by atoms with Gasteiger partial charge in [-0.2, -0.15) is 0 Å². The molecule has 182 valence electrons. The number of nitrogens with zero attached hydrogens (tertiary/aromatic N) is 1. The highest BCUT2D eigenvalue weighted by Crippen LogP contribution is 2.69. The molecule has 5 heteroatoms. The van der Waals surface area contributed by atoms with Crippen molar-refractivity contribution in [1.82, 2.24) is 4.90 Å². The third-order valence-electron chi connectivity index (χ3n) is 8.12. The fraction of sp³-hybridized carbons (Fsp3) is 0.400. The van der Waals surface area contributed by atoms with Crippen LogP contribution in [-0.2, 0) is 22.4 Å². The SMILES string of the molecule is CC1(C)OB(C2(C(c3ccccc3Cl)N(Cc3ccccc3)Cc3ccccc3)CC2)OC1(C)C. The molecule has 1 aliphatic carbocycles. The van der Waals surface area contributed by atoms with Crippen LogP contribution >= 0.6 is 11.6 Å². The van der Waals surface area contributed by atoms with E-state index in [1.165, 1.54) is 11.1 Å². The first kappa shape index (κ1) is 24.6. The molecule has 3 aromatic carbocycles. The van der Waals surface area contributed by atoms with Crippen LogP contribution in [0.5, 0.6) is 0 Å². The first-order chi connectivity index (χ1) is 16.7. The van der Waals surface area contributed by atoms with Crippen LogP contribution in [0.4, 0.5) is 0 Å². The molecule has 0 bridgehead atoms. The molecule has 1 unspecified atom stereocenters. The van der Waals surface area contributed by atoms with E-state index >= 15 is 0 Å². The molecule has 1 heterocycles. The molecule has 0 aromatic heterocycles. The molecule has 0 radical (unpaired) electrons. The summed E-state index contributed by atoms with van der Waals surface area (Å²) in [5, 5.41) is 0.631. The Morgan fingerprint density at radius 3 is 1.66 bits per heavy atom. The van der Waals surface area contributed by atoms with Gasteiger partial charge in [0.05, 0.1) is 11.2 Å².